The zero-order valence-electron chi connectivity index (χ0n) is 14.5. The Morgan fingerprint density at radius 3 is 2.75 bits per heavy atom. The number of hydrogen-bond donors (Lipinski definition) is 2. The van der Waals surface area contributed by atoms with Crippen molar-refractivity contribution in [1.29, 1.82) is 0 Å². The van der Waals surface area contributed by atoms with E-state index in [9.17, 15) is 13.2 Å². The minimum atomic E-state index is -3.24. The van der Waals surface area contributed by atoms with Gasteiger partial charge in [0, 0.05) is 36.2 Å². The molecule has 0 aliphatic carbocycles. The molecule has 1 atom stereocenters. The Balaban J connectivity index is 1.98. The quantitative estimate of drug-likeness (QED) is 0.833. The summed E-state index contributed by atoms with van der Waals surface area (Å²) >= 11 is 1.85. The Labute approximate surface area is 148 Å². The molecule has 5 nitrogen and oxygen atoms in total. The van der Waals surface area contributed by atoms with Gasteiger partial charge in [0.15, 0.2) is 9.84 Å². The topological polar surface area (TPSA) is 75.3 Å². The van der Waals surface area contributed by atoms with E-state index >= 15 is 0 Å². The normalized spacial score (nSPS) is 19.0. The fourth-order valence-electron chi connectivity index (χ4n) is 2.36. The molecular formula is C17H26N2O3S2. The maximum atomic E-state index is 12.3. The van der Waals surface area contributed by atoms with Crippen molar-refractivity contribution < 1.29 is 13.2 Å². The number of benzene rings is 1. The van der Waals surface area contributed by atoms with Crippen LogP contribution >= 0.6 is 11.8 Å². The molecule has 2 N–H and O–H groups in total. The van der Waals surface area contributed by atoms with Crippen LogP contribution in [0.25, 0.3) is 0 Å². The largest absolute Gasteiger partial charge is 0.326 e. The van der Waals surface area contributed by atoms with Crippen LogP contribution in [0.5, 0.6) is 0 Å². The molecule has 1 aromatic carbocycles. The Morgan fingerprint density at radius 2 is 2.12 bits per heavy atom. The molecule has 1 aliphatic rings. The Kier molecular flexibility index (Phi) is 6.33. The molecule has 1 heterocycles. The van der Waals surface area contributed by atoms with Gasteiger partial charge in [-0.3, -0.25) is 4.79 Å². The molecule has 1 amide bonds. The molecule has 7 heteroatoms. The molecule has 0 bridgehead atoms. The Hall–Kier alpha value is -1.05. The lowest BCUT2D eigenvalue weighted by molar-refractivity contribution is -0.116. The molecule has 0 saturated carbocycles. The molecule has 0 aromatic heterocycles. The third-order valence-corrected chi connectivity index (χ3v) is 7.64. The summed E-state index contributed by atoms with van der Waals surface area (Å²) < 4.78 is 23.8. The molecule has 1 aliphatic heterocycles. The number of thioether (sulfide) groups is 1. The lowest BCUT2D eigenvalue weighted by Gasteiger charge is -2.22. The van der Waals surface area contributed by atoms with E-state index in [1.807, 2.05) is 11.8 Å². The van der Waals surface area contributed by atoms with Crippen LogP contribution in [-0.2, 0) is 20.4 Å². The van der Waals surface area contributed by atoms with Crippen LogP contribution in [0.4, 0.5) is 5.69 Å². The SMILES string of the molecule is CC(C)(C)S(=O)(=O)Cc1cccc(NC(=O)CC2CSCCN2)c1. The van der Waals surface area contributed by atoms with E-state index in [2.05, 4.69) is 10.6 Å². The highest BCUT2D eigenvalue weighted by Gasteiger charge is 2.29. The van der Waals surface area contributed by atoms with Crippen LogP contribution < -0.4 is 10.6 Å². The van der Waals surface area contributed by atoms with E-state index in [1.54, 1.807) is 45.0 Å². The molecule has 2 rings (SSSR count). The summed E-state index contributed by atoms with van der Waals surface area (Å²) in [4.78, 5) is 12.2. The number of nitrogens with one attached hydrogen (secondary N) is 2. The molecule has 1 fully saturated rings. The van der Waals surface area contributed by atoms with Gasteiger partial charge in [-0.2, -0.15) is 11.8 Å². The van der Waals surface area contributed by atoms with Crippen LogP contribution in [0, 0.1) is 0 Å². The van der Waals surface area contributed by atoms with Gasteiger partial charge in [0.25, 0.3) is 0 Å². The van der Waals surface area contributed by atoms with Gasteiger partial charge < -0.3 is 10.6 Å². The van der Waals surface area contributed by atoms with E-state index in [0.717, 1.165) is 18.1 Å². The second-order valence-electron chi connectivity index (χ2n) is 7.05. The summed E-state index contributed by atoms with van der Waals surface area (Å²) in [6.07, 6.45) is 0.428. The number of sulfone groups is 1. The average Bonchev–Trinajstić information content (AvgIpc) is 2.46. The van der Waals surface area contributed by atoms with Crippen molar-refractivity contribution in [2.45, 2.75) is 43.7 Å². The van der Waals surface area contributed by atoms with Crippen molar-refractivity contribution in [3.8, 4) is 0 Å². The van der Waals surface area contributed by atoms with Crippen LogP contribution in [0.1, 0.15) is 32.8 Å². The molecule has 0 radical (unpaired) electrons. The number of rotatable bonds is 5. The van der Waals surface area contributed by atoms with Gasteiger partial charge in [0.1, 0.15) is 0 Å². The fourth-order valence-corrected chi connectivity index (χ4v) is 4.36. The summed E-state index contributed by atoms with van der Waals surface area (Å²) in [6, 6.07) is 7.28. The van der Waals surface area contributed by atoms with Crippen molar-refractivity contribution >= 4 is 33.2 Å². The lowest BCUT2D eigenvalue weighted by Crippen LogP contribution is -2.39. The summed E-state index contributed by atoms with van der Waals surface area (Å²) in [5.74, 6) is 1.95. The molecule has 1 aromatic rings. The second-order valence-corrected chi connectivity index (χ2v) is 10.9. The van der Waals surface area contributed by atoms with Gasteiger partial charge in [0.05, 0.1) is 10.5 Å². The van der Waals surface area contributed by atoms with E-state index in [0.29, 0.717) is 17.7 Å². The number of amides is 1. The zero-order chi connectivity index (χ0) is 17.8. The Morgan fingerprint density at radius 1 is 1.38 bits per heavy atom. The fraction of sp³-hybridized carbons (Fsp3) is 0.588. The van der Waals surface area contributed by atoms with Crippen LogP contribution in [0.2, 0.25) is 0 Å². The smallest absolute Gasteiger partial charge is 0.225 e. The number of carbonyl (C=O) groups is 1. The number of anilines is 1. The van der Waals surface area contributed by atoms with E-state index in [1.165, 1.54) is 0 Å². The first-order valence-electron chi connectivity index (χ1n) is 8.09. The minimum absolute atomic E-state index is 0.0268. The first-order valence-corrected chi connectivity index (χ1v) is 10.9. The third kappa shape index (κ3) is 5.50. The summed E-state index contributed by atoms with van der Waals surface area (Å²) in [7, 11) is -3.24. The number of hydrogen-bond acceptors (Lipinski definition) is 5. The van der Waals surface area contributed by atoms with Crippen molar-refractivity contribution in [3.63, 3.8) is 0 Å². The van der Waals surface area contributed by atoms with Crippen molar-refractivity contribution in [2.75, 3.05) is 23.4 Å². The minimum Gasteiger partial charge on any atom is -0.326 e. The van der Waals surface area contributed by atoms with Crippen molar-refractivity contribution in [2.24, 2.45) is 0 Å². The monoisotopic (exact) mass is 370 g/mol. The molecule has 1 saturated heterocycles. The highest BCUT2D eigenvalue weighted by atomic mass is 32.2. The van der Waals surface area contributed by atoms with E-state index in [-0.39, 0.29) is 17.7 Å². The van der Waals surface area contributed by atoms with Crippen LogP contribution in [0.3, 0.4) is 0 Å². The molecule has 134 valence electrons. The molecule has 24 heavy (non-hydrogen) atoms. The first-order chi connectivity index (χ1) is 11.2. The van der Waals surface area contributed by atoms with Gasteiger partial charge in [0.2, 0.25) is 5.91 Å². The van der Waals surface area contributed by atoms with Gasteiger partial charge >= 0.3 is 0 Å². The van der Waals surface area contributed by atoms with E-state index in [4.69, 9.17) is 0 Å². The van der Waals surface area contributed by atoms with Crippen molar-refractivity contribution in [1.82, 2.24) is 5.32 Å². The molecular weight excluding hydrogens is 344 g/mol. The summed E-state index contributed by atoms with van der Waals surface area (Å²) in [6.45, 7) is 6.03. The molecule has 0 spiro atoms. The summed E-state index contributed by atoms with van der Waals surface area (Å²) in [5.41, 5.74) is 1.33. The van der Waals surface area contributed by atoms with Crippen LogP contribution in [-0.4, -0.2) is 43.2 Å². The maximum Gasteiger partial charge on any atom is 0.225 e. The predicted molar refractivity (Wildman–Crippen MR) is 101 cm³/mol. The van der Waals surface area contributed by atoms with Crippen LogP contribution in [0.15, 0.2) is 24.3 Å². The standard InChI is InChI=1S/C17H26N2O3S2/c1-17(2,3)24(21,22)12-13-5-4-6-14(9-13)19-16(20)10-15-11-23-8-7-18-15/h4-6,9,15,18H,7-8,10-12H2,1-3H3,(H,19,20). The van der Waals surface area contributed by atoms with Gasteiger partial charge in [-0.15, -0.1) is 0 Å². The third-order valence-electron chi connectivity index (χ3n) is 3.93. The predicted octanol–water partition coefficient (Wildman–Crippen LogP) is 2.43. The lowest BCUT2D eigenvalue weighted by atomic mass is 10.2. The summed E-state index contributed by atoms with van der Waals surface area (Å²) in [5, 5.41) is 6.20. The van der Waals surface area contributed by atoms with Gasteiger partial charge in [-0.05, 0) is 38.5 Å². The zero-order valence-corrected chi connectivity index (χ0v) is 16.1. The maximum absolute atomic E-state index is 12.3. The Bertz CT molecular complexity index is 675. The second kappa shape index (κ2) is 7.89. The van der Waals surface area contributed by atoms with E-state index < -0.39 is 14.6 Å². The van der Waals surface area contributed by atoms with Gasteiger partial charge in [-0.1, -0.05) is 12.1 Å². The molecule has 1 unspecified atom stereocenters. The highest BCUT2D eigenvalue weighted by molar-refractivity contribution is 7.99. The first kappa shape index (κ1) is 19.3. The van der Waals surface area contributed by atoms with Crippen molar-refractivity contribution in [3.05, 3.63) is 29.8 Å². The van der Waals surface area contributed by atoms with Gasteiger partial charge in [-0.25, -0.2) is 8.42 Å². The average molecular weight is 371 g/mol. The number of carbonyl (C=O) groups excluding carboxylic acids is 1. The highest BCUT2D eigenvalue weighted by Crippen LogP contribution is 2.22.